The highest BCUT2D eigenvalue weighted by molar-refractivity contribution is 8.02. The van der Waals surface area contributed by atoms with Crippen LogP contribution >= 0.6 is 34.7 Å². The number of thioether (sulfide) groups is 1. The van der Waals surface area contributed by atoms with Gasteiger partial charge >= 0.3 is 0 Å². The van der Waals surface area contributed by atoms with Crippen molar-refractivity contribution in [2.24, 2.45) is 0 Å². The number of benzene rings is 1. The van der Waals surface area contributed by atoms with E-state index in [0.29, 0.717) is 16.1 Å². The van der Waals surface area contributed by atoms with Crippen LogP contribution in [0.4, 0.5) is 16.5 Å². The number of halogens is 1. The third-order valence-electron chi connectivity index (χ3n) is 3.38. The van der Waals surface area contributed by atoms with E-state index in [9.17, 15) is 14.9 Å². The summed E-state index contributed by atoms with van der Waals surface area (Å²) < 4.78 is 0.695. The minimum absolute atomic E-state index is 0.117. The van der Waals surface area contributed by atoms with Crippen molar-refractivity contribution in [1.82, 2.24) is 10.2 Å². The summed E-state index contributed by atoms with van der Waals surface area (Å²) in [5.74, 6) is -0.271. The number of nitro groups is 1. The standard InChI is InChI=1S/C14H14ClN5O3S2/c1-7(24-14-19-18-13(25-14)16-8-2-3-8)12(21)17-11-5-4-9(20(22)23)6-10(11)15/h4-8H,2-3H2,1H3,(H,16,18)(H,17,21). The monoisotopic (exact) mass is 399 g/mol. The van der Waals surface area contributed by atoms with Crippen LogP contribution in [0.2, 0.25) is 5.02 Å². The molecule has 132 valence electrons. The SMILES string of the molecule is CC(Sc1nnc(NC2CC2)s1)C(=O)Nc1ccc([N+](=O)[O-])cc1Cl. The summed E-state index contributed by atoms with van der Waals surface area (Å²) in [4.78, 5) is 22.5. The number of nitrogens with zero attached hydrogens (tertiary/aromatic N) is 3. The van der Waals surface area contributed by atoms with Gasteiger partial charge in [0, 0.05) is 18.2 Å². The summed E-state index contributed by atoms with van der Waals surface area (Å²) in [5.41, 5.74) is 0.202. The summed E-state index contributed by atoms with van der Waals surface area (Å²) in [7, 11) is 0. The molecule has 0 bridgehead atoms. The molecule has 25 heavy (non-hydrogen) atoms. The Morgan fingerprint density at radius 1 is 1.48 bits per heavy atom. The van der Waals surface area contributed by atoms with Crippen LogP contribution in [0.15, 0.2) is 22.5 Å². The zero-order valence-corrected chi connectivity index (χ0v) is 15.5. The lowest BCUT2D eigenvalue weighted by molar-refractivity contribution is -0.384. The van der Waals surface area contributed by atoms with Gasteiger partial charge in [0.25, 0.3) is 5.69 Å². The van der Waals surface area contributed by atoms with Gasteiger partial charge in [-0.15, -0.1) is 10.2 Å². The first kappa shape index (κ1) is 17.9. The molecule has 2 N–H and O–H groups in total. The number of nitro benzene ring substituents is 1. The molecule has 8 nitrogen and oxygen atoms in total. The van der Waals surface area contributed by atoms with Gasteiger partial charge in [0.2, 0.25) is 11.0 Å². The largest absolute Gasteiger partial charge is 0.357 e. The predicted octanol–water partition coefficient (Wildman–Crippen LogP) is 3.79. The second-order valence-electron chi connectivity index (χ2n) is 5.46. The van der Waals surface area contributed by atoms with E-state index >= 15 is 0 Å². The highest BCUT2D eigenvalue weighted by atomic mass is 35.5. The van der Waals surface area contributed by atoms with Crippen LogP contribution in [0.25, 0.3) is 0 Å². The Hall–Kier alpha value is -1.91. The summed E-state index contributed by atoms with van der Waals surface area (Å²) >= 11 is 8.69. The Morgan fingerprint density at radius 2 is 2.24 bits per heavy atom. The van der Waals surface area contributed by atoms with E-state index in [2.05, 4.69) is 20.8 Å². The molecule has 0 saturated heterocycles. The van der Waals surface area contributed by atoms with Crippen LogP contribution in [-0.2, 0) is 4.79 Å². The highest BCUT2D eigenvalue weighted by Gasteiger charge is 2.23. The van der Waals surface area contributed by atoms with Gasteiger partial charge in [-0.1, -0.05) is 34.7 Å². The van der Waals surface area contributed by atoms with Crippen LogP contribution in [0.3, 0.4) is 0 Å². The predicted molar refractivity (Wildman–Crippen MR) is 98.6 cm³/mol. The zero-order chi connectivity index (χ0) is 18.0. The maximum atomic E-state index is 12.3. The number of anilines is 2. The van der Waals surface area contributed by atoms with Crippen LogP contribution in [-0.4, -0.2) is 32.3 Å². The average molecular weight is 400 g/mol. The molecule has 1 atom stereocenters. The number of rotatable bonds is 7. The third kappa shape index (κ3) is 4.80. The van der Waals surface area contributed by atoms with Gasteiger partial charge in [0.05, 0.1) is 20.9 Å². The molecule has 1 saturated carbocycles. The number of hydrogen-bond acceptors (Lipinski definition) is 8. The highest BCUT2D eigenvalue weighted by Crippen LogP contribution is 2.33. The Balaban J connectivity index is 1.58. The molecule has 1 aromatic heterocycles. The summed E-state index contributed by atoms with van der Waals surface area (Å²) in [6.45, 7) is 1.74. The van der Waals surface area contributed by atoms with E-state index in [1.54, 1.807) is 6.92 Å². The summed E-state index contributed by atoms with van der Waals surface area (Å²) in [6.07, 6.45) is 2.30. The summed E-state index contributed by atoms with van der Waals surface area (Å²) in [5, 5.41) is 25.2. The van der Waals surface area contributed by atoms with Crippen molar-refractivity contribution < 1.29 is 9.72 Å². The number of amides is 1. The van der Waals surface area contributed by atoms with Crippen molar-refractivity contribution in [2.45, 2.75) is 35.4 Å². The van der Waals surface area contributed by atoms with Crippen molar-refractivity contribution >= 4 is 57.1 Å². The van der Waals surface area contributed by atoms with E-state index in [-0.39, 0.29) is 16.6 Å². The quantitative estimate of drug-likeness (QED) is 0.414. The van der Waals surface area contributed by atoms with Crippen molar-refractivity contribution in [3.8, 4) is 0 Å². The molecule has 0 radical (unpaired) electrons. The molecule has 0 aliphatic heterocycles. The number of carbonyl (C=O) groups excluding carboxylic acids is 1. The molecule has 1 aromatic carbocycles. The van der Waals surface area contributed by atoms with Gasteiger partial charge in [-0.3, -0.25) is 14.9 Å². The van der Waals surface area contributed by atoms with Crippen molar-refractivity contribution in [1.29, 1.82) is 0 Å². The van der Waals surface area contributed by atoms with Gasteiger partial charge in [-0.05, 0) is 25.8 Å². The van der Waals surface area contributed by atoms with E-state index in [4.69, 9.17) is 11.6 Å². The lowest BCUT2D eigenvalue weighted by atomic mass is 10.2. The average Bonchev–Trinajstić information content (AvgIpc) is 3.27. The molecular weight excluding hydrogens is 386 g/mol. The Kier molecular flexibility index (Phi) is 5.40. The van der Waals surface area contributed by atoms with Crippen LogP contribution in [0.1, 0.15) is 19.8 Å². The fraction of sp³-hybridized carbons (Fsp3) is 0.357. The topological polar surface area (TPSA) is 110 Å². The fourth-order valence-electron chi connectivity index (χ4n) is 1.88. The van der Waals surface area contributed by atoms with E-state index < -0.39 is 10.2 Å². The Morgan fingerprint density at radius 3 is 2.88 bits per heavy atom. The Labute approximate surface area is 156 Å². The zero-order valence-electron chi connectivity index (χ0n) is 13.1. The first-order valence-corrected chi connectivity index (χ1v) is 9.51. The van der Waals surface area contributed by atoms with E-state index in [1.807, 2.05) is 0 Å². The number of non-ortho nitro benzene ring substituents is 1. The molecule has 1 aliphatic rings. The first-order valence-electron chi connectivity index (χ1n) is 7.44. The maximum absolute atomic E-state index is 12.3. The third-order valence-corrected chi connectivity index (χ3v) is 5.73. The molecule has 1 amide bonds. The molecule has 1 aliphatic carbocycles. The van der Waals surface area contributed by atoms with Gasteiger partial charge in [0.1, 0.15) is 0 Å². The maximum Gasteiger partial charge on any atom is 0.271 e. The molecule has 3 rings (SSSR count). The second kappa shape index (κ2) is 7.54. The second-order valence-corrected chi connectivity index (χ2v) is 8.43. The minimum Gasteiger partial charge on any atom is -0.357 e. The van der Waals surface area contributed by atoms with Crippen LogP contribution < -0.4 is 10.6 Å². The van der Waals surface area contributed by atoms with Crippen molar-refractivity contribution in [2.75, 3.05) is 10.6 Å². The lowest BCUT2D eigenvalue weighted by Crippen LogP contribution is -2.22. The lowest BCUT2D eigenvalue weighted by Gasteiger charge is -2.11. The van der Waals surface area contributed by atoms with Crippen LogP contribution in [0.5, 0.6) is 0 Å². The smallest absolute Gasteiger partial charge is 0.271 e. The minimum atomic E-state index is -0.543. The number of hydrogen-bond donors (Lipinski definition) is 2. The summed E-state index contributed by atoms with van der Waals surface area (Å²) in [6, 6.07) is 4.41. The van der Waals surface area contributed by atoms with Gasteiger partial charge in [-0.2, -0.15) is 0 Å². The van der Waals surface area contributed by atoms with Gasteiger partial charge in [0.15, 0.2) is 4.34 Å². The molecule has 2 aromatic rings. The molecule has 1 heterocycles. The normalized spacial score (nSPS) is 14.8. The number of aromatic nitrogens is 2. The molecule has 1 fully saturated rings. The number of carbonyl (C=O) groups is 1. The van der Waals surface area contributed by atoms with Crippen LogP contribution in [0, 0.1) is 10.1 Å². The van der Waals surface area contributed by atoms with Crippen molar-refractivity contribution in [3.63, 3.8) is 0 Å². The fourth-order valence-corrected chi connectivity index (χ4v) is 4.07. The van der Waals surface area contributed by atoms with E-state index in [0.717, 1.165) is 18.0 Å². The van der Waals surface area contributed by atoms with Gasteiger partial charge < -0.3 is 10.6 Å². The van der Waals surface area contributed by atoms with E-state index in [1.165, 1.54) is 41.3 Å². The molecular formula is C14H14ClN5O3S2. The van der Waals surface area contributed by atoms with Crippen molar-refractivity contribution in [3.05, 3.63) is 33.3 Å². The Bertz CT molecular complexity index is 812. The number of nitrogens with one attached hydrogen (secondary N) is 2. The first-order chi connectivity index (χ1) is 11.9. The molecule has 11 heteroatoms. The van der Waals surface area contributed by atoms with Gasteiger partial charge in [-0.25, -0.2) is 0 Å². The molecule has 1 unspecified atom stereocenters. The molecule has 0 spiro atoms.